The molecule has 1 aromatic heterocycles. The molecule has 0 aliphatic carbocycles. The summed E-state index contributed by atoms with van der Waals surface area (Å²) < 4.78 is 53.3. The molecule has 0 fully saturated rings. The fourth-order valence-corrected chi connectivity index (χ4v) is 2.73. The number of halogens is 4. The topological polar surface area (TPSA) is 130 Å². The van der Waals surface area contributed by atoms with E-state index in [4.69, 9.17) is 5.11 Å². The predicted molar refractivity (Wildman–Crippen MR) is 93.2 cm³/mol. The summed E-state index contributed by atoms with van der Waals surface area (Å²) in [6.45, 7) is 1.39. The van der Waals surface area contributed by atoms with Crippen molar-refractivity contribution in [2.75, 3.05) is 5.32 Å². The molecule has 158 valence electrons. The summed E-state index contributed by atoms with van der Waals surface area (Å²) in [5, 5.41) is 37.8. The van der Waals surface area contributed by atoms with Crippen molar-refractivity contribution in [3.8, 4) is 34.3 Å². The molecule has 0 aliphatic rings. The molecule has 3 aromatic rings. The highest BCUT2D eigenvalue weighted by atomic mass is 19.4. The maximum Gasteiger partial charge on any atom is 0.416 e. The van der Waals surface area contributed by atoms with E-state index in [0.717, 1.165) is 22.8 Å². The molecule has 0 spiro atoms. The first-order valence-electron chi connectivity index (χ1n) is 8.01. The molecule has 2 aromatic carbocycles. The van der Waals surface area contributed by atoms with Crippen LogP contribution in [0.25, 0.3) is 17.1 Å². The van der Waals surface area contributed by atoms with Crippen LogP contribution in [0, 0.1) is 6.92 Å². The zero-order valence-electron chi connectivity index (χ0n) is 14.9. The fourth-order valence-electron chi connectivity index (χ4n) is 2.73. The Kier molecular flexibility index (Phi) is 5.12. The number of nitrogens with one attached hydrogen (secondary N) is 1. The van der Waals surface area contributed by atoms with Crippen molar-refractivity contribution in [1.29, 1.82) is 0 Å². The number of amides is 1. The van der Waals surface area contributed by atoms with E-state index in [1.165, 1.54) is 13.0 Å². The van der Waals surface area contributed by atoms with Gasteiger partial charge in [-0.15, -0.1) is 10.2 Å². The van der Waals surface area contributed by atoms with Crippen molar-refractivity contribution < 1.29 is 42.8 Å². The Hall–Kier alpha value is -4.03. The van der Waals surface area contributed by atoms with E-state index < -0.39 is 41.0 Å². The van der Waals surface area contributed by atoms with Gasteiger partial charge >= 0.3 is 12.3 Å². The van der Waals surface area contributed by atoms with Crippen LogP contribution >= 0.6 is 0 Å². The van der Waals surface area contributed by atoms with Crippen LogP contribution in [-0.4, -0.2) is 36.2 Å². The van der Waals surface area contributed by atoms with E-state index in [1.54, 1.807) is 0 Å². The van der Waals surface area contributed by atoms with Crippen molar-refractivity contribution in [3.63, 3.8) is 0 Å². The predicted octanol–water partition coefficient (Wildman–Crippen LogP) is 4.03. The molecule has 0 radical (unpaired) electrons. The van der Waals surface area contributed by atoms with Gasteiger partial charge < -0.3 is 15.3 Å². The van der Waals surface area contributed by atoms with Crippen molar-refractivity contribution in [3.05, 3.63) is 41.5 Å². The number of phenols is 2. The number of anilines is 1. The number of carbonyl (C=O) groups is 1. The maximum atomic E-state index is 13.3. The number of aryl methyl sites for hydroxylation is 1. The Morgan fingerprint density at radius 2 is 1.80 bits per heavy atom. The average molecular weight is 428 g/mol. The number of hydrogen-bond donors (Lipinski definition) is 4. The molecule has 0 saturated heterocycles. The van der Waals surface area contributed by atoms with Crippen LogP contribution in [0.2, 0.25) is 0 Å². The molecular formula is C17H12F4N4O5. The molecule has 0 aliphatic heterocycles. The van der Waals surface area contributed by atoms with Crippen LogP contribution in [-0.2, 0) is 6.18 Å². The molecule has 13 heteroatoms. The summed E-state index contributed by atoms with van der Waals surface area (Å²) >= 11 is 0. The number of aromatic hydroxyl groups is 2. The lowest BCUT2D eigenvalue weighted by molar-refractivity contribution is -0.137. The fraction of sp³-hybridized carbons (Fsp3) is 0.118. The normalized spacial score (nSPS) is 11.4. The highest BCUT2D eigenvalue weighted by Crippen LogP contribution is 2.40. The number of alkyl halides is 3. The second kappa shape index (κ2) is 7.42. The Balaban J connectivity index is 2.31. The van der Waals surface area contributed by atoms with Gasteiger partial charge in [0.15, 0.2) is 11.6 Å². The number of rotatable bonds is 4. The number of carboxylic acid groups (broad SMARTS) is 1. The summed E-state index contributed by atoms with van der Waals surface area (Å²) in [4.78, 5) is 14.6. The van der Waals surface area contributed by atoms with E-state index >= 15 is 0 Å². The van der Waals surface area contributed by atoms with E-state index in [2.05, 4.69) is 15.1 Å². The van der Waals surface area contributed by atoms with Gasteiger partial charge in [0.1, 0.15) is 5.75 Å². The van der Waals surface area contributed by atoms with Gasteiger partial charge in [0.05, 0.1) is 16.8 Å². The molecule has 3 rings (SSSR count). The Labute approximate surface area is 164 Å². The SMILES string of the molecule is Cc1cc(-n2c(NC(=O)O)nnc2-c2cc(OF)c(O)cc2O)cc(C(F)(F)F)c1. The standard InChI is InChI=1S/C17H12F4N4O5/c1-7-2-8(17(18,19)20)4-9(3-7)25-14(23-24-15(25)22-16(28)29)10-5-13(30-21)12(27)6-11(10)26/h2-6,26-27H,1H3,(H,22,24)(H,28,29). The summed E-state index contributed by atoms with van der Waals surface area (Å²) in [6, 6.07) is 4.42. The number of phenolic OH excluding ortho intramolecular Hbond substituents is 2. The minimum Gasteiger partial charge on any atom is -0.507 e. The second-order valence-corrected chi connectivity index (χ2v) is 6.08. The summed E-state index contributed by atoms with van der Waals surface area (Å²) in [7, 11) is 0. The Morgan fingerprint density at radius 1 is 1.10 bits per heavy atom. The number of nitrogens with zero attached hydrogens (tertiary/aromatic N) is 3. The van der Waals surface area contributed by atoms with Gasteiger partial charge in [0.2, 0.25) is 11.7 Å². The first-order chi connectivity index (χ1) is 14.0. The maximum absolute atomic E-state index is 13.3. The molecule has 0 bridgehead atoms. The van der Waals surface area contributed by atoms with Crippen LogP contribution in [0.15, 0.2) is 30.3 Å². The molecule has 0 saturated carbocycles. The number of hydrogen-bond acceptors (Lipinski definition) is 6. The van der Waals surface area contributed by atoms with Gasteiger partial charge in [0, 0.05) is 16.7 Å². The monoisotopic (exact) mass is 428 g/mol. The van der Waals surface area contributed by atoms with E-state index in [0.29, 0.717) is 6.07 Å². The molecule has 9 nitrogen and oxygen atoms in total. The lowest BCUT2D eigenvalue weighted by Crippen LogP contribution is -2.14. The number of benzene rings is 2. The van der Waals surface area contributed by atoms with E-state index in [9.17, 15) is 32.7 Å². The van der Waals surface area contributed by atoms with Gasteiger partial charge in [-0.05, 0) is 30.7 Å². The van der Waals surface area contributed by atoms with Crippen LogP contribution in [0.5, 0.6) is 17.2 Å². The zero-order valence-corrected chi connectivity index (χ0v) is 14.9. The van der Waals surface area contributed by atoms with Gasteiger partial charge in [0.25, 0.3) is 0 Å². The molecule has 30 heavy (non-hydrogen) atoms. The first kappa shape index (κ1) is 20.7. The molecule has 4 N–H and O–H groups in total. The van der Waals surface area contributed by atoms with Gasteiger partial charge in [-0.2, -0.15) is 13.2 Å². The Bertz CT molecular complexity index is 1130. The van der Waals surface area contributed by atoms with Crippen molar-refractivity contribution in [2.24, 2.45) is 0 Å². The Morgan fingerprint density at radius 3 is 2.40 bits per heavy atom. The first-order valence-corrected chi connectivity index (χ1v) is 8.01. The van der Waals surface area contributed by atoms with Crippen LogP contribution in [0.1, 0.15) is 11.1 Å². The zero-order chi connectivity index (χ0) is 22.2. The van der Waals surface area contributed by atoms with Crippen LogP contribution in [0.3, 0.4) is 0 Å². The molecule has 0 unspecified atom stereocenters. The van der Waals surface area contributed by atoms with E-state index in [-0.39, 0.29) is 22.6 Å². The molecule has 1 heterocycles. The minimum absolute atomic E-state index is 0.184. The highest BCUT2D eigenvalue weighted by Gasteiger charge is 2.32. The van der Waals surface area contributed by atoms with Gasteiger partial charge in [-0.3, -0.25) is 14.8 Å². The summed E-state index contributed by atoms with van der Waals surface area (Å²) in [5.74, 6) is -2.97. The van der Waals surface area contributed by atoms with Crippen molar-refractivity contribution >= 4 is 12.0 Å². The average Bonchev–Trinajstić information content (AvgIpc) is 3.03. The third-order valence-corrected chi connectivity index (χ3v) is 3.93. The van der Waals surface area contributed by atoms with Gasteiger partial charge in [-0.25, -0.2) is 4.79 Å². The smallest absolute Gasteiger partial charge is 0.416 e. The third kappa shape index (κ3) is 3.90. The lowest BCUT2D eigenvalue weighted by atomic mass is 10.1. The molecule has 0 atom stereocenters. The summed E-state index contributed by atoms with van der Waals surface area (Å²) in [6.07, 6.45) is -6.28. The van der Waals surface area contributed by atoms with Crippen LogP contribution in [0.4, 0.5) is 28.4 Å². The van der Waals surface area contributed by atoms with Crippen molar-refractivity contribution in [1.82, 2.24) is 14.8 Å². The molecule has 1 amide bonds. The third-order valence-electron chi connectivity index (χ3n) is 3.93. The second-order valence-electron chi connectivity index (χ2n) is 6.08. The van der Waals surface area contributed by atoms with Gasteiger partial charge in [-0.1, -0.05) is 0 Å². The van der Waals surface area contributed by atoms with Crippen LogP contribution < -0.4 is 10.3 Å². The number of aromatic nitrogens is 3. The highest BCUT2D eigenvalue weighted by molar-refractivity contribution is 5.82. The van der Waals surface area contributed by atoms with E-state index in [1.807, 2.05) is 5.32 Å². The van der Waals surface area contributed by atoms with Crippen molar-refractivity contribution in [2.45, 2.75) is 13.1 Å². The minimum atomic E-state index is -4.70. The summed E-state index contributed by atoms with van der Waals surface area (Å²) in [5.41, 5.74) is -1.34. The lowest BCUT2D eigenvalue weighted by Gasteiger charge is -2.15. The largest absolute Gasteiger partial charge is 0.507 e. The molecular weight excluding hydrogens is 416 g/mol. The quantitative estimate of drug-likeness (QED) is 0.462.